The molecule has 0 saturated heterocycles. The van der Waals surface area contributed by atoms with E-state index in [-0.39, 0.29) is 6.29 Å². The molecule has 0 aliphatic heterocycles. The Hall–Kier alpha value is -0.560. The highest BCUT2D eigenvalue weighted by Gasteiger charge is 2.08. The van der Waals surface area contributed by atoms with E-state index in [9.17, 15) is 0 Å². The molecule has 0 aromatic rings. The lowest BCUT2D eigenvalue weighted by molar-refractivity contribution is -0.134. The van der Waals surface area contributed by atoms with Crippen LogP contribution in [0, 0.1) is 18.3 Å². The molecule has 0 radical (unpaired) electrons. The summed E-state index contributed by atoms with van der Waals surface area (Å²) in [4.78, 5) is 0. The number of rotatable bonds is 8. The van der Waals surface area contributed by atoms with Crippen molar-refractivity contribution in [3.05, 3.63) is 0 Å². The van der Waals surface area contributed by atoms with Crippen molar-refractivity contribution in [1.82, 2.24) is 0 Å². The molecule has 0 aliphatic carbocycles. The van der Waals surface area contributed by atoms with Crippen LogP contribution in [-0.4, -0.2) is 30.7 Å². The molecule has 3 heteroatoms. The van der Waals surface area contributed by atoms with E-state index in [1.54, 1.807) is 0 Å². The van der Waals surface area contributed by atoms with E-state index < -0.39 is 6.10 Å². The topological polar surface area (TPSA) is 38.7 Å². The molecule has 0 aliphatic rings. The average molecular weight is 214 g/mol. The van der Waals surface area contributed by atoms with Crippen molar-refractivity contribution in [3.8, 4) is 12.3 Å². The smallest absolute Gasteiger partial charge is 0.154 e. The van der Waals surface area contributed by atoms with E-state index in [0.29, 0.717) is 25.6 Å². The summed E-state index contributed by atoms with van der Waals surface area (Å²) in [7, 11) is 0. The molecule has 0 saturated carbocycles. The maximum atomic E-state index is 9.17. The first-order valence-corrected chi connectivity index (χ1v) is 5.47. The molecule has 0 bridgehead atoms. The standard InChI is InChI=1S/C12H22O3/c1-5-12(13)8-7-10(3)9-15-11(4)14-6-2/h1,10-13H,6-9H2,2-4H3/t10-,11?,12+/m0/s1. The largest absolute Gasteiger partial charge is 0.380 e. The zero-order valence-corrected chi connectivity index (χ0v) is 9.90. The Labute approximate surface area is 92.8 Å². The van der Waals surface area contributed by atoms with Crippen LogP contribution < -0.4 is 0 Å². The summed E-state index contributed by atoms with van der Waals surface area (Å²) in [6, 6.07) is 0. The summed E-state index contributed by atoms with van der Waals surface area (Å²) in [5, 5.41) is 9.17. The summed E-state index contributed by atoms with van der Waals surface area (Å²) in [6.07, 6.45) is 5.78. The van der Waals surface area contributed by atoms with E-state index in [2.05, 4.69) is 12.8 Å². The molecular weight excluding hydrogens is 192 g/mol. The molecule has 15 heavy (non-hydrogen) atoms. The van der Waals surface area contributed by atoms with Gasteiger partial charge in [-0.3, -0.25) is 0 Å². The van der Waals surface area contributed by atoms with Crippen LogP contribution >= 0.6 is 0 Å². The van der Waals surface area contributed by atoms with E-state index in [1.165, 1.54) is 0 Å². The van der Waals surface area contributed by atoms with Gasteiger partial charge in [0, 0.05) is 6.61 Å². The van der Waals surface area contributed by atoms with Crippen molar-refractivity contribution in [2.24, 2.45) is 5.92 Å². The molecule has 1 N–H and O–H groups in total. The first kappa shape index (κ1) is 14.4. The molecule has 0 heterocycles. The van der Waals surface area contributed by atoms with Crippen molar-refractivity contribution in [2.45, 2.75) is 46.0 Å². The maximum absolute atomic E-state index is 9.17. The SMILES string of the molecule is C#C[C@@H](O)CC[C@H](C)COC(C)OCC. The minimum Gasteiger partial charge on any atom is -0.380 e. The van der Waals surface area contributed by atoms with Crippen molar-refractivity contribution >= 4 is 0 Å². The Balaban J connectivity index is 3.49. The summed E-state index contributed by atoms with van der Waals surface area (Å²) in [5.74, 6) is 2.68. The molecule has 0 aromatic heterocycles. The second kappa shape index (κ2) is 8.72. The maximum Gasteiger partial charge on any atom is 0.154 e. The third kappa shape index (κ3) is 8.44. The molecule has 88 valence electrons. The van der Waals surface area contributed by atoms with Gasteiger partial charge in [0.1, 0.15) is 6.10 Å². The van der Waals surface area contributed by atoms with Gasteiger partial charge in [-0.1, -0.05) is 12.8 Å². The van der Waals surface area contributed by atoms with E-state index in [4.69, 9.17) is 21.0 Å². The summed E-state index contributed by atoms with van der Waals surface area (Å²) in [5.41, 5.74) is 0. The number of aliphatic hydroxyl groups is 1. The monoisotopic (exact) mass is 214 g/mol. The summed E-state index contributed by atoms with van der Waals surface area (Å²) < 4.78 is 10.7. The van der Waals surface area contributed by atoms with Crippen LogP contribution in [0.4, 0.5) is 0 Å². The fourth-order valence-electron chi connectivity index (χ4n) is 1.19. The average Bonchev–Trinajstić information content (AvgIpc) is 2.23. The predicted octanol–water partition coefficient (Wildman–Crippen LogP) is 1.80. The second-order valence-electron chi connectivity index (χ2n) is 3.72. The van der Waals surface area contributed by atoms with E-state index in [0.717, 1.165) is 6.42 Å². The molecule has 3 nitrogen and oxygen atoms in total. The minimum atomic E-state index is -0.628. The van der Waals surface area contributed by atoms with Gasteiger partial charge in [-0.2, -0.15) is 0 Å². The Morgan fingerprint density at radius 1 is 1.27 bits per heavy atom. The molecule has 0 amide bonds. The van der Waals surface area contributed by atoms with Crippen molar-refractivity contribution in [3.63, 3.8) is 0 Å². The first-order valence-electron chi connectivity index (χ1n) is 5.47. The number of aliphatic hydroxyl groups excluding tert-OH is 1. The van der Waals surface area contributed by atoms with Gasteiger partial charge in [0.2, 0.25) is 0 Å². The number of hydrogen-bond acceptors (Lipinski definition) is 3. The van der Waals surface area contributed by atoms with Crippen LogP contribution in [-0.2, 0) is 9.47 Å². The minimum absolute atomic E-state index is 0.157. The van der Waals surface area contributed by atoms with E-state index in [1.807, 2.05) is 13.8 Å². The van der Waals surface area contributed by atoms with Crippen molar-refractivity contribution < 1.29 is 14.6 Å². The molecule has 1 unspecified atom stereocenters. The quantitative estimate of drug-likeness (QED) is 0.494. The molecule has 0 aromatic carbocycles. The number of hydrogen-bond donors (Lipinski definition) is 1. The fraction of sp³-hybridized carbons (Fsp3) is 0.833. The first-order chi connectivity index (χ1) is 7.10. The molecule has 0 spiro atoms. The Morgan fingerprint density at radius 2 is 1.93 bits per heavy atom. The Bertz CT molecular complexity index is 186. The van der Waals surface area contributed by atoms with Gasteiger partial charge in [-0.05, 0) is 32.6 Å². The van der Waals surface area contributed by atoms with Gasteiger partial charge in [-0.15, -0.1) is 6.42 Å². The summed E-state index contributed by atoms with van der Waals surface area (Å²) >= 11 is 0. The molecule has 0 fully saturated rings. The van der Waals surface area contributed by atoms with Gasteiger partial charge >= 0.3 is 0 Å². The zero-order valence-electron chi connectivity index (χ0n) is 9.90. The van der Waals surface area contributed by atoms with Crippen LogP contribution in [0.2, 0.25) is 0 Å². The number of terminal acetylenes is 1. The molecular formula is C12H22O3. The third-order valence-electron chi connectivity index (χ3n) is 2.14. The Morgan fingerprint density at radius 3 is 2.47 bits per heavy atom. The highest BCUT2D eigenvalue weighted by atomic mass is 16.7. The van der Waals surface area contributed by atoms with Gasteiger partial charge in [0.05, 0.1) is 6.61 Å². The zero-order chi connectivity index (χ0) is 11.7. The van der Waals surface area contributed by atoms with Crippen LogP contribution in [0.25, 0.3) is 0 Å². The lowest BCUT2D eigenvalue weighted by atomic mass is 10.0. The highest BCUT2D eigenvalue weighted by Crippen LogP contribution is 2.09. The lowest BCUT2D eigenvalue weighted by Crippen LogP contribution is -2.18. The van der Waals surface area contributed by atoms with Gasteiger partial charge < -0.3 is 14.6 Å². The van der Waals surface area contributed by atoms with Crippen LogP contribution in [0.3, 0.4) is 0 Å². The van der Waals surface area contributed by atoms with Gasteiger partial charge in [0.15, 0.2) is 6.29 Å². The lowest BCUT2D eigenvalue weighted by Gasteiger charge is -2.17. The van der Waals surface area contributed by atoms with E-state index >= 15 is 0 Å². The van der Waals surface area contributed by atoms with Crippen LogP contribution in [0.1, 0.15) is 33.6 Å². The number of ether oxygens (including phenoxy) is 2. The van der Waals surface area contributed by atoms with Gasteiger partial charge in [-0.25, -0.2) is 0 Å². The van der Waals surface area contributed by atoms with Crippen LogP contribution in [0.15, 0.2) is 0 Å². The molecule has 3 atom stereocenters. The summed E-state index contributed by atoms with van der Waals surface area (Å²) in [6.45, 7) is 7.19. The normalized spacial score (nSPS) is 16.7. The third-order valence-corrected chi connectivity index (χ3v) is 2.14. The predicted molar refractivity (Wildman–Crippen MR) is 60.3 cm³/mol. The van der Waals surface area contributed by atoms with Crippen molar-refractivity contribution in [1.29, 1.82) is 0 Å². The van der Waals surface area contributed by atoms with Crippen LogP contribution in [0.5, 0.6) is 0 Å². The second-order valence-corrected chi connectivity index (χ2v) is 3.72. The van der Waals surface area contributed by atoms with Crippen molar-refractivity contribution in [2.75, 3.05) is 13.2 Å². The Kier molecular flexibility index (Phi) is 8.40. The highest BCUT2D eigenvalue weighted by molar-refractivity contribution is 4.92. The molecule has 0 rings (SSSR count). The fourth-order valence-corrected chi connectivity index (χ4v) is 1.19. The van der Waals surface area contributed by atoms with Gasteiger partial charge in [0.25, 0.3) is 0 Å².